The van der Waals surface area contributed by atoms with E-state index in [1.54, 1.807) is 18.3 Å². The predicted molar refractivity (Wildman–Crippen MR) is 91.8 cm³/mol. The maximum atomic E-state index is 11.8. The highest BCUT2D eigenvalue weighted by molar-refractivity contribution is 5.89. The van der Waals surface area contributed by atoms with Crippen molar-refractivity contribution in [3.8, 4) is 0 Å². The van der Waals surface area contributed by atoms with Crippen LogP contribution in [-0.4, -0.2) is 23.6 Å². The van der Waals surface area contributed by atoms with E-state index in [0.29, 0.717) is 12.1 Å². The number of carbonyl (C=O) groups excluding carboxylic acids is 1. The minimum absolute atomic E-state index is 0. The van der Waals surface area contributed by atoms with Crippen molar-refractivity contribution in [3.05, 3.63) is 66.0 Å². The zero-order chi connectivity index (χ0) is 14.2. The summed E-state index contributed by atoms with van der Waals surface area (Å²) in [6, 6.07) is 13.5. The maximum Gasteiger partial charge on any atom is 0.340 e. The number of hydrogen-bond acceptors (Lipinski definition) is 4. The van der Waals surface area contributed by atoms with Crippen molar-refractivity contribution >= 4 is 30.8 Å². The van der Waals surface area contributed by atoms with Crippen LogP contribution in [0.15, 0.2) is 54.9 Å². The molecule has 6 heteroatoms. The number of aromatic nitrogens is 1. The summed E-state index contributed by atoms with van der Waals surface area (Å²) in [6.07, 6.45) is 2.94. The van der Waals surface area contributed by atoms with E-state index in [1.165, 1.54) is 11.8 Å². The molecular formula is C16H20Cl2N2O2. The first kappa shape index (κ1) is 20.4. The molecular weight excluding hydrogens is 323 g/mol. The zero-order valence-electron chi connectivity index (χ0n) is 12.3. The molecule has 1 N–H and O–H groups in total. The molecule has 0 bridgehead atoms. The van der Waals surface area contributed by atoms with Gasteiger partial charge in [0.1, 0.15) is 6.10 Å². The van der Waals surface area contributed by atoms with Crippen molar-refractivity contribution in [1.82, 2.24) is 10.3 Å². The van der Waals surface area contributed by atoms with Gasteiger partial charge in [-0.25, -0.2) is 4.79 Å². The first-order valence-electron chi connectivity index (χ1n) is 6.61. The molecule has 4 nitrogen and oxygen atoms in total. The number of pyridine rings is 1. The number of halogens is 2. The van der Waals surface area contributed by atoms with Gasteiger partial charge in [0.2, 0.25) is 0 Å². The molecule has 1 aromatic carbocycles. The van der Waals surface area contributed by atoms with Crippen molar-refractivity contribution in [3.63, 3.8) is 0 Å². The molecule has 1 unspecified atom stereocenters. The fourth-order valence-electron chi connectivity index (χ4n) is 1.79. The quantitative estimate of drug-likeness (QED) is 0.818. The number of benzene rings is 1. The second kappa shape index (κ2) is 11.0. The topological polar surface area (TPSA) is 51.2 Å². The molecule has 0 amide bonds. The average Bonchev–Trinajstić information content (AvgIpc) is 2.49. The lowest BCUT2D eigenvalue weighted by Gasteiger charge is -2.14. The number of hydrogen-bond donors (Lipinski definition) is 1. The Bertz CT molecular complexity index is 538. The van der Waals surface area contributed by atoms with Crippen LogP contribution in [0.3, 0.4) is 0 Å². The maximum absolute atomic E-state index is 11.8. The SMILES string of the molecule is CC(CNCc1ccccc1)OC(=O)c1cccnc1.Cl.Cl. The van der Waals surface area contributed by atoms with Gasteiger partial charge in [-0.15, -0.1) is 24.8 Å². The summed E-state index contributed by atoms with van der Waals surface area (Å²) in [7, 11) is 0. The highest BCUT2D eigenvalue weighted by atomic mass is 35.5. The standard InChI is InChI=1S/C16H18N2O2.2ClH/c1-13(10-18-11-14-6-3-2-4-7-14)20-16(19)15-8-5-9-17-12-15;;/h2-9,12-13,18H,10-11H2,1H3;2*1H. The zero-order valence-corrected chi connectivity index (χ0v) is 13.9. The second-order valence-electron chi connectivity index (χ2n) is 4.57. The lowest BCUT2D eigenvalue weighted by Crippen LogP contribution is -2.28. The lowest BCUT2D eigenvalue weighted by atomic mass is 10.2. The van der Waals surface area contributed by atoms with Gasteiger partial charge in [-0.3, -0.25) is 4.98 Å². The molecule has 0 radical (unpaired) electrons. The highest BCUT2D eigenvalue weighted by Crippen LogP contribution is 2.02. The van der Waals surface area contributed by atoms with Gasteiger partial charge in [-0.1, -0.05) is 30.3 Å². The van der Waals surface area contributed by atoms with Crippen LogP contribution in [0.2, 0.25) is 0 Å². The molecule has 120 valence electrons. The Morgan fingerprint density at radius 2 is 1.91 bits per heavy atom. The summed E-state index contributed by atoms with van der Waals surface area (Å²) in [5.74, 6) is -0.341. The Hall–Kier alpha value is -1.62. The highest BCUT2D eigenvalue weighted by Gasteiger charge is 2.11. The number of esters is 1. The molecule has 0 aliphatic rings. The summed E-state index contributed by atoms with van der Waals surface area (Å²) in [5, 5.41) is 3.27. The van der Waals surface area contributed by atoms with E-state index in [2.05, 4.69) is 22.4 Å². The Morgan fingerprint density at radius 1 is 1.18 bits per heavy atom. The van der Waals surface area contributed by atoms with Crippen LogP contribution in [0.1, 0.15) is 22.8 Å². The van der Waals surface area contributed by atoms with Gasteiger partial charge < -0.3 is 10.1 Å². The normalized spacial score (nSPS) is 10.8. The smallest absolute Gasteiger partial charge is 0.340 e. The van der Waals surface area contributed by atoms with Crippen LogP contribution < -0.4 is 5.32 Å². The lowest BCUT2D eigenvalue weighted by molar-refractivity contribution is 0.0341. The first-order valence-corrected chi connectivity index (χ1v) is 6.61. The average molecular weight is 343 g/mol. The van der Waals surface area contributed by atoms with E-state index in [4.69, 9.17) is 4.74 Å². The third-order valence-corrected chi connectivity index (χ3v) is 2.81. The van der Waals surface area contributed by atoms with E-state index in [0.717, 1.165) is 6.54 Å². The Balaban J connectivity index is 0.00000220. The van der Waals surface area contributed by atoms with E-state index in [-0.39, 0.29) is 36.9 Å². The molecule has 0 aliphatic heterocycles. The van der Waals surface area contributed by atoms with Gasteiger partial charge in [0.25, 0.3) is 0 Å². The molecule has 0 saturated carbocycles. The molecule has 1 atom stereocenters. The van der Waals surface area contributed by atoms with Crippen LogP contribution in [0.25, 0.3) is 0 Å². The van der Waals surface area contributed by atoms with Crippen LogP contribution in [0.5, 0.6) is 0 Å². The minimum atomic E-state index is -0.341. The van der Waals surface area contributed by atoms with Crippen LogP contribution in [0.4, 0.5) is 0 Å². The van der Waals surface area contributed by atoms with Crippen molar-refractivity contribution in [2.24, 2.45) is 0 Å². The molecule has 0 spiro atoms. The molecule has 0 aliphatic carbocycles. The summed E-state index contributed by atoms with van der Waals surface area (Å²) < 4.78 is 5.33. The molecule has 0 fully saturated rings. The van der Waals surface area contributed by atoms with Crippen LogP contribution in [0, 0.1) is 0 Å². The number of nitrogens with one attached hydrogen (secondary N) is 1. The predicted octanol–water partition coefficient (Wildman–Crippen LogP) is 3.26. The Labute approximate surface area is 143 Å². The number of rotatable bonds is 6. The number of nitrogens with zero attached hydrogens (tertiary/aromatic N) is 1. The van der Waals surface area contributed by atoms with Gasteiger partial charge in [0.05, 0.1) is 5.56 Å². The van der Waals surface area contributed by atoms with Gasteiger partial charge >= 0.3 is 5.97 Å². The third-order valence-electron chi connectivity index (χ3n) is 2.81. The Kier molecular flexibility index (Phi) is 10.2. The monoisotopic (exact) mass is 342 g/mol. The van der Waals surface area contributed by atoms with Crippen LogP contribution >= 0.6 is 24.8 Å². The van der Waals surface area contributed by atoms with Gasteiger partial charge in [0.15, 0.2) is 0 Å². The van der Waals surface area contributed by atoms with Crippen molar-refractivity contribution in [2.75, 3.05) is 6.54 Å². The minimum Gasteiger partial charge on any atom is -0.458 e. The largest absolute Gasteiger partial charge is 0.458 e. The summed E-state index contributed by atoms with van der Waals surface area (Å²) >= 11 is 0. The molecule has 2 rings (SSSR count). The number of ether oxygens (including phenoxy) is 1. The Morgan fingerprint density at radius 3 is 2.55 bits per heavy atom. The summed E-state index contributed by atoms with van der Waals surface area (Å²) in [6.45, 7) is 3.24. The molecule has 22 heavy (non-hydrogen) atoms. The summed E-state index contributed by atoms with van der Waals surface area (Å²) in [5.41, 5.74) is 1.68. The third kappa shape index (κ3) is 6.89. The molecule has 1 aromatic heterocycles. The fraction of sp³-hybridized carbons (Fsp3) is 0.250. The summed E-state index contributed by atoms with van der Waals surface area (Å²) in [4.78, 5) is 15.7. The van der Waals surface area contributed by atoms with Gasteiger partial charge in [0, 0.05) is 25.5 Å². The van der Waals surface area contributed by atoms with E-state index < -0.39 is 0 Å². The van der Waals surface area contributed by atoms with Crippen molar-refractivity contribution in [1.29, 1.82) is 0 Å². The van der Waals surface area contributed by atoms with E-state index in [9.17, 15) is 4.79 Å². The fourth-order valence-corrected chi connectivity index (χ4v) is 1.79. The van der Waals surface area contributed by atoms with E-state index in [1.807, 2.05) is 25.1 Å². The van der Waals surface area contributed by atoms with Crippen molar-refractivity contribution in [2.45, 2.75) is 19.6 Å². The van der Waals surface area contributed by atoms with E-state index >= 15 is 0 Å². The number of carbonyl (C=O) groups is 1. The molecule has 1 heterocycles. The van der Waals surface area contributed by atoms with Gasteiger partial charge in [-0.05, 0) is 24.6 Å². The van der Waals surface area contributed by atoms with Crippen molar-refractivity contribution < 1.29 is 9.53 Å². The molecule has 0 saturated heterocycles. The second-order valence-corrected chi connectivity index (χ2v) is 4.57. The molecule has 2 aromatic rings. The van der Waals surface area contributed by atoms with Gasteiger partial charge in [-0.2, -0.15) is 0 Å². The first-order chi connectivity index (χ1) is 9.75. The van der Waals surface area contributed by atoms with Crippen LogP contribution in [-0.2, 0) is 11.3 Å².